The summed E-state index contributed by atoms with van der Waals surface area (Å²) in [6.45, 7) is 20.2. The van der Waals surface area contributed by atoms with E-state index in [0.717, 1.165) is 11.1 Å². The van der Waals surface area contributed by atoms with E-state index in [-0.39, 0.29) is 50.7 Å². The quantitative estimate of drug-likeness (QED) is 0.0636. The summed E-state index contributed by atoms with van der Waals surface area (Å²) < 4.78 is 39.6. The van der Waals surface area contributed by atoms with Crippen molar-refractivity contribution in [3.05, 3.63) is 63.9 Å². The van der Waals surface area contributed by atoms with Crippen molar-refractivity contribution in [3.8, 4) is 0 Å². The van der Waals surface area contributed by atoms with Crippen LogP contribution >= 0.6 is 7.82 Å². The van der Waals surface area contributed by atoms with E-state index in [0.29, 0.717) is 76.9 Å². The number of rotatable bonds is 25. The predicted molar refractivity (Wildman–Crippen MR) is 353 cm³/mol. The minimum atomic E-state index is -5.30. The lowest BCUT2D eigenvalue weighted by Crippen LogP contribution is -2.58. The Bertz CT molecular complexity index is 3780. The maximum Gasteiger partial charge on any atom is 0.472 e. The van der Waals surface area contributed by atoms with Crippen molar-refractivity contribution in [2.45, 2.75) is 176 Å². The number of carbonyl (C=O) groups excluding carboxylic acids is 8. The second kappa shape index (κ2) is 27.3. The molecule has 0 aliphatic carbocycles. The molecule has 7 aliphatic rings. The number of fused-ring (bicyclic) bond motifs is 7. The smallest absolute Gasteiger partial charge is 0.447 e. The fraction of sp³-hybridized carbons (Fsp3) is 0.631. The number of hydrogen-bond donors (Lipinski definition) is 11. The lowest BCUT2D eigenvalue weighted by molar-refractivity contribution is -0.132. The van der Waals surface area contributed by atoms with Crippen LogP contribution in [0.15, 0.2) is 67.8 Å². The van der Waals surface area contributed by atoms with Crippen molar-refractivity contribution in [1.82, 2.24) is 30.4 Å². The molecule has 524 valence electrons. The second-order valence-electron chi connectivity index (χ2n) is 28.4. The molecule has 3 saturated heterocycles. The number of piperazine rings is 1. The van der Waals surface area contributed by atoms with Gasteiger partial charge in [-0.15, -0.1) is 0 Å². The summed E-state index contributed by atoms with van der Waals surface area (Å²) in [7, 11) is -5.30. The highest BCUT2D eigenvalue weighted by Crippen LogP contribution is 2.62. The van der Waals surface area contributed by atoms with Gasteiger partial charge in [0.05, 0.1) is 46.2 Å². The zero-order chi connectivity index (χ0) is 70.7. The second-order valence-corrected chi connectivity index (χ2v) is 29.8. The lowest BCUT2D eigenvalue weighted by atomic mass is 9.56. The Labute approximate surface area is 557 Å². The lowest BCUT2D eigenvalue weighted by Gasteiger charge is -2.48. The molecule has 1 aromatic carbocycles. The van der Waals surface area contributed by atoms with Crippen molar-refractivity contribution in [1.29, 1.82) is 0 Å². The third-order valence-corrected chi connectivity index (χ3v) is 22.7. The number of benzene rings is 1. The number of primary amides is 6. The van der Waals surface area contributed by atoms with Gasteiger partial charge in [0.15, 0.2) is 6.23 Å². The van der Waals surface area contributed by atoms with Gasteiger partial charge in [-0.3, -0.25) is 57.6 Å². The SMILES string of the molecule is CC1=C2N=C(C=C3N/C(=C(/C)C4=N[C@@](C)([C@@H]5N=C1[C@](C)(C(=O)NC[C@@H](C)OP(=O)(O)O[C@@H]1[C@@H](COC(=O)N6CCNCC6)OC(n6cnc7cc(C)c(C)cc76)[C@@H]1O)[C@H]5CC(N)=O)[C@@](C)(CC(N)=O)[C@@H]4CCC(N)=O)[C@@](C)(CC(N)=O)[C@H]3CCC(N)=O)C(C)(C)[C@@H]2CCC(N)=O. The van der Waals surface area contributed by atoms with E-state index < -0.39 is 169 Å². The van der Waals surface area contributed by atoms with Gasteiger partial charge in [0.2, 0.25) is 41.4 Å². The topological polar surface area (TPSA) is 481 Å². The normalized spacial score (nSPS) is 32.4. The van der Waals surface area contributed by atoms with Crippen LogP contribution in [-0.4, -0.2) is 164 Å². The summed E-state index contributed by atoms with van der Waals surface area (Å²) in [6.07, 6.45) is -5.98. The van der Waals surface area contributed by atoms with Crippen molar-refractivity contribution in [3.63, 3.8) is 0 Å². The van der Waals surface area contributed by atoms with E-state index in [1.165, 1.54) is 18.2 Å². The van der Waals surface area contributed by atoms with Crippen LogP contribution in [0.5, 0.6) is 0 Å². The first-order chi connectivity index (χ1) is 44.8. The van der Waals surface area contributed by atoms with Crippen molar-refractivity contribution >= 4 is 83.4 Å². The standard InChI is InChI=1S/C65H94N15O15P/c1-31-22-41-42(23-32(31)2)80(30-74-41)58-53(87)54(43(93-58)29-92-60(89)79-20-18-72-19-21-79)95-96(90,91)94-33(3)28-73-59(88)64(10)39(24-48(69)84)57-65(11)63(9,27-50(71)86)38(14-17-47(68)83)52(78-65)35(5)55-62(8,26-49(70)85)36(12-15-45(66)81)40(75-55)25-44-61(6,7)37(13-16-46(67)82)51(76-44)34(4)56(64)77-57/h22-23,25,30,33,36-39,43,53-54,57-58,72,75,87H,12-21,24,26-29H2,1-11H3,(H2,66,81)(H2,67,82)(H2,68,83)(H2,69,84)(H2,70,85)(H2,71,86)(H,73,88)(H,90,91)/b40-25?,51-34?,55-35-/t33-,36+,37-,38-,39+,43-,53-,54-,57-,58?,62+,63+,64-,65+/m1/s1. The van der Waals surface area contributed by atoms with Crippen molar-refractivity contribution < 1.29 is 71.4 Å². The van der Waals surface area contributed by atoms with Crippen LogP contribution in [0, 0.1) is 59.2 Å². The molecule has 30 nitrogen and oxygen atoms in total. The van der Waals surface area contributed by atoms with E-state index in [9.17, 15) is 48.1 Å². The highest BCUT2D eigenvalue weighted by atomic mass is 31.2. The largest absolute Gasteiger partial charge is 0.472 e. The summed E-state index contributed by atoms with van der Waals surface area (Å²) in [5.41, 5.74) is 35.2. The van der Waals surface area contributed by atoms with Crippen LogP contribution in [0.3, 0.4) is 0 Å². The molecule has 0 radical (unpaired) electrons. The van der Waals surface area contributed by atoms with Gasteiger partial charge in [-0.2, -0.15) is 0 Å². The van der Waals surface area contributed by atoms with Gasteiger partial charge in [-0.05, 0) is 108 Å². The first-order valence-corrected chi connectivity index (χ1v) is 34.0. The molecule has 8 bridgehead atoms. The molecule has 2 aromatic rings. The van der Waals surface area contributed by atoms with Gasteiger partial charge in [0.1, 0.15) is 24.9 Å². The molecule has 1 aromatic heterocycles. The number of aliphatic hydroxyl groups is 1. The van der Waals surface area contributed by atoms with E-state index in [1.807, 2.05) is 52.8 Å². The summed E-state index contributed by atoms with van der Waals surface area (Å²) in [5.74, 6) is -8.34. The Morgan fingerprint density at radius 2 is 1.42 bits per heavy atom. The molecule has 8 amide bonds. The Balaban J connectivity index is 1.14. The summed E-state index contributed by atoms with van der Waals surface area (Å²) in [4.78, 5) is 143. The fourth-order valence-electron chi connectivity index (χ4n) is 16.1. The molecule has 0 saturated carbocycles. The number of nitrogens with one attached hydrogen (secondary N) is 3. The monoisotopic (exact) mass is 1360 g/mol. The van der Waals surface area contributed by atoms with E-state index in [4.69, 9.17) is 67.9 Å². The number of phosphoric acid groups is 1. The molecule has 31 heteroatoms. The number of aromatic nitrogens is 2. The zero-order valence-electron chi connectivity index (χ0n) is 56.5. The number of imidazole rings is 1. The summed E-state index contributed by atoms with van der Waals surface area (Å²) in [6, 6.07) is 2.46. The number of phosphoric ester groups is 1. The predicted octanol–water partition coefficient (Wildman–Crippen LogP) is 2.43. The molecule has 15 atom stereocenters. The van der Waals surface area contributed by atoms with Gasteiger partial charge in [0.25, 0.3) is 0 Å². The number of aliphatic imine (C=N–C) groups is 3. The van der Waals surface area contributed by atoms with Gasteiger partial charge >= 0.3 is 13.9 Å². The number of allylic oxidation sites excluding steroid dienone is 6. The van der Waals surface area contributed by atoms with Gasteiger partial charge < -0.3 is 79.3 Å². The highest BCUT2D eigenvalue weighted by molar-refractivity contribution is 7.47. The Kier molecular flexibility index (Phi) is 20.6. The first-order valence-electron chi connectivity index (χ1n) is 32.6. The molecule has 96 heavy (non-hydrogen) atoms. The van der Waals surface area contributed by atoms with Crippen LogP contribution in [0.4, 0.5) is 4.79 Å². The number of nitrogens with zero attached hydrogens (tertiary/aromatic N) is 6. The molecule has 17 N–H and O–H groups in total. The van der Waals surface area contributed by atoms with E-state index >= 15 is 4.79 Å². The molecular weight excluding hydrogens is 1260 g/mol. The Hall–Kier alpha value is -7.73. The molecular formula is C65H94N15O15P. The zero-order valence-corrected chi connectivity index (χ0v) is 57.4. The molecule has 0 spiro atoms. The molecule has 8 heterocycles. The Morgan fingerprint density at radius 3 is 2.02 bits per heavy atom. The number of amides is 8. The van der Waals surface area contributed by atoms with E-state index in [2.05, 4.69) is 20.9 Å². The molecule has 3 fully saturated rings. The van der Waals surface area contributed by atoms with Crippen molar-refractivity contribution in [2.24, 2.45) is 94.7 Å². The van der Waals surface area contributed by atoms with Crippen molar-refractivity contribution in [2.75, 3.05) is 39.3 Å². The van der Waals surface area contributed by atoms with Crippen LogP contribution < -0.4 is 50.4 Å². The maximum absolute atomic E-state index is 16.0. The Morgan fingerprint density at radius 1 is 0.812 bits per heavy atom. The van der Waals surface area contributed by atoms with Crippen LogP contribution in [-0.2, 0) is 56.6 Å². The summed E-state index contributed by atoms with van der Waals surface area (Å²) >= 11 is 0. The van der Waals surface area contributed by atoms with Crippen LogP contribution in [0.25, 0.3) is 11.0 Å². The van der Waals surface area contributed by atoms with Gasteiger partial charge in [0, 0.05) is 140 Å². The fourth-order valence-corrected chi connectivity index (χ4v) is 17.2. The third kappa shape index (κ3) is 13.7. The molecule has 2 unspecified atom stereocenters. The van der Waals surface area contributed by atoms with Crippen LogP contribution in [0.2, 0.25) is 0 Å². The minimum absolute atomic E-state index is 0.00543. The number of ether oxygens (including phenoxy) is 2. The van der Waals surface area contributed by atoms with Gasteiger partial charge in [-0.25, -0.2) is 14.3 Å². The molecule has 9 rings (SSSR count). The number of aliphatic hydroxyl groups excluding tert-OH is 1. The van der Waals surface area contributed by atoms with E-state index in [1.54, 1.807) is 39.2 Å². The minimum Gasteiger partial charge on any atom is -0.447 e. The average Bonchev–Trinajstić information content (AvgIpc) is 1.52. The number of hydrogen-bond acceptors (Lipinski definition) is 20. The average molecular weight is 1360 g/mol. The first kappa shape index (κ1) is 72.5. The number of carbonyl (C=O) groups is 8. The third-order valence-electron chi connectivity index (χ3n) is 21.6. The van der Waals surface area contributed by atoms with Gasteiger partial charge in [-0.1, -0.05) is 27.7 Å². The highest BCUT2D eigenvalue weighted by Gasteiger charge is 2.68. The number of aryl methyl sites for hydroxylation is 2. The molecule has 7 aliphatic heterocycles. The number of nitrogens with two attached hydrogens (primary N) is 6. The summed E-state index contributed by atoms with van der Waals surface area (Å²) in [5, 5.41) is 21.7. The maximum atomic E-state index is 16.0. The van der Waals surface area contributed by atoms with Crippen LogP contribution in [0.1, 0.15) is 137 Å².